The maximum atomic E-state index is 11.5. The lowest BCUT2D eigenvalue weighted by Gasteiger charge is -2.07. The van der Waals surface area contributed by atoms with Crippen LogP contribution in [-0.4, -0.2) is 39.6 Å². The predicted molar refractivity (Wildman–Crippen MR) is 141 cm³/mol. The first-order chi connectivity index (χ1) is 18.4. The molecule has 0 unspecified atom stereocenters. The fourth-order valence-electron chi connectivity index (χ4n) is 3.87. The fourth-order valence-corrected chi connectivity index (χ4v) is 3.87. The predicted octanol–water partition coefficient (Wildman–Crippen LogP) is 6.18. The Kier molecular flexibility index (Phi) is 7.58. The average molecular weight is 514 g/mol. The summed E-state index contributed by atoms with van der Waals surface area (Å²) in [6.45, 7) is 0. The molecule has 0 saturated carbocycles. The summed E-state index contributed by atoms with van der Waals surface area (Å²) in [5, 5.41) is 21.6. The highest BCUT2D eigenvalue weighted by Gasteiger charge is 2.24. The number of nitro groups is 1. The number of aliphatic imine (C=N–C) groups is 1. The van der Waals surface area contributed by atoms with Crippen LogP contribution in [0.25, 0.3) is 22.5 Å². The molecule has 1 heterocycles. The third kappa shape index (κ3) is 4.99. The molecular formula is C28H23N3O7. The Balaban J connectivity index is 1.89. The average Bonchev–Trinajstić information content (AvgIpc) is 3.33. The summed E-state index contributed by atoms with van der Waals surface area (Å²) in [4.78, 5) is 15.4. The molecule has 0 spiro atoms. The smallest absolute Gasteiger partial charge is 0.311 e. The van der Waals surface area contributed by atoms with Crippen LogP contribution >= 0.6 is 0 Å². The summed E-state index contributed by atoms with van der Waals surface area (Å²) in [5.74, 6) is 2.13. The van der Waals surface area contributed by atoms with Crippen molar-refractivity contribution < 1.29 is 28.3 Å². The van der Waals surface area contributed by atoms with Gasteiger partial charge in [0.15, 0.2) is 0 Å². The van der Waals surface area contributed by atoms with E-state index in [1.165, 1.54) is 32.6 Å². The number of furan rings is 1. The molecule has 0 radical (unpaired) electrons. The third-order valence-corrected chi connectivity index (χ3v) is 5.78. The monoisotopic (exact) mass is 513 g/mol. The summed E-state index contributed by atoms with van der Waals surface area (Å²) in [5.41, 5.74) is 2.20. The number of rotatable bonds is 9. The number of hydrogen-bond acceptors (Lipinski definition) is 9. The van der Waals surface area contributed by atoms with Crippen molar-refractivity contribution in [2.45, 2.75) is 0 Å². The highest BCUT2D eigenvalue weighted by atomic mass is 16.6. The van der Waals surface area contributed by atoms with Crippen LogP contribution in [-0.2, 0) is 0 Å². The zero-order chi connectivity index (χ0) is 27.2. The van der Waals surface area contributed by atoms with E-state index in [2.05, 4.69) is 11.1 Å². The highest BCUT2D eigenvalue weighted by molar-refractivity contribution is 5.91. The Hall–Kier alpha value is -5.30. The van der Waals surface area contributed by atoms with Crippen molar-refractivity contribution in [3.05, 3.63) is 81.9 Å². The number of nitrogens with zero attached hydrogens (tertiary/aromatic N) is 3. The number of ether oxygens (including phenoxy) is 4. The van der Waals surface area contributed by atoms with Crippen LogP contribution in [0.1, 0.15) is 11.1 Å². The standard InChI is InChI=1S/C28H23N3O7/c1-34-20-9-5-17(6-10-20)26-22(15-29)28(38-27(26)18-7-11-21(35-2)12-8-18)30-16-19-13-23(31(32)33)25(37-4)14-24(19)36-3/h5-14,16H,1-4H3. The Morgan fingerprint density at radius 2 is 1.45 bits per heavy atom. The van der Waals surface area contributed by atoms with Gasteiger partial charge in [-0.3, -0.25) is 10.1 Å². The van der Waals surface area contributed by atoms with Crippen LogP contribution in [0.15, 0.2) is 70.1 Å². The van der Waals surface area contributed by atoms with Gasteiger partial charge in [-0.15, -0.1) is 0 Å². The van der Waals surface area contributed by atoms with Crippen molar-refractivity contribution in [2.75, 3.05) is 28.4 Å². The summed E-state index contributed by atoms with van der Waals surface area (Å²) in [6, 6.07) is 19.3. The van der Waals surface area contributed by atoms with Gasteiger partial charge in [0.2, 0.25) is 11.6 Å². The van der Waals surface area contributed by atoms with Gasteiger partial charge in [0.05, 0.1) is 33.4 Å². The van der Waals surface area contributed by atoms with Crippen molar-refractivity contribution in [3.8, 4) is 51.5 Å². The number of benzene rings is 3. The summed E-state index contributed by atoms with van der Waals surface area (Å²) < 4.78 is 27.1. The lowest BCUT2D eigenvalue weighted by molar-refractivity contribution is -0.385. The molecule has 1 aromatic heterocycles. The molecule has 10 heteroatoms. The van der Waals surface area contributed by atoms with Gasteiger partial charge in [-0.2, -0.15) is 5.26 Å². The molecule has 0 N–H and O–H groups in total. The van der Waals surface area contributed by atoms with Crippen molar-refractivity contribution in [3.63, 3.8) is 0 Å². The van der Waals surface area contributed by atoms with Gasteiger partial charge >= 0.3 is 5.69 Å². The molecule has 4 rings (SSSR count). The largest absolute Gasteiger partial charge is 0.497 e. The molecule has 3 aromatic carbocycles. The second kappa shape index (κ2) is 11.2. The molecule has 0 aliphatic rings. The third-order valence-electron chi connectivity index (χ3n) is 5.78. The van der Waals surface area contributed by atoms with E-state index in [0.717, 1.165) is 5.56 Å². The van der Waals surface area contributed by atoms with E-state index < -0.39 is 4.92 Å². The number of nitro benzene ring substituents is 1. The van der Waals surface area contributed by atoms with Crippen LogP contribution in [0.5, 0.6) is 23.0 Å². The SMILES string of the molecule is COc1ccc(-c2oc(N=Cc3cc([N+](=O)[O-])c(OC)cc3OC)c(C#N)c2-c2ccc(OC)cc2)cc1. The normalized spacial score (nSPS) is 10.7. The van der Waals surface area contributed by atoms with E-state index in [4.69, 9.17) is 23.4 Å². The second-order valence-corrected chi connectivity index (χ2v) is 7.84. The van der Waals surface area contributed by atoms with E-state index in [0.29, 0.717) is 39.7 Å². The highest BCUT2D eigenvalue weighted by Crippen LogP contribution is 2.43. The molecule has 0 bridgehead atoms. The fraction of sp³-hybridized carbons (Fsp3) is 0.143. The van der Waals surface area contributed by atoms with E-state index in [1.807, 2.05) is 24.3 Å². The van der Waals surface area contributed by atoms with Gasteiger partial charge in [0.25, 0.3) is 0 Å². The summed E-state index contributed by atoms with van der Waals surface area (Å²) in [7, 11) is 5.90. The molecule has 0 atom stereocenters. The first kappa shape index (κ1) is 25.8. The summed E-state index contributed by atoms with van der Waals surface area (Å²) >= 11 is 0. The zero-order valence-corrected chi connectivity index (χ0v) is 21.1. The lowest BCUT2D eigenvalue weighted by atomic mass is 9.98. The maximum absolute atomic E-state index is 11.5. The Morgan fingerprint density at radius 3 is 1.95 bits per heavy atom. The van der Waals surface area contributed by atoms with Crippen LogP contribution in [0.4, 0.5) is 11.6 Å². The molecule has 192 valence electrons. The maximum Gasteiger partial charge on any atom is 0.311 e. The van der Waals surface area contributed by atoms with Gasteiger partial charge in [-0.25, -0.2) is 4.99 Å². The number of methoxy groups -OCH3 is 4. The van der Waals surface area contributed by atoms with Crippen molar-refractivity contribution in [1.29, 1.82) is 5.26 Å². The quantitative estimate of drug-likeness (QED) is 0.147. The zero-order valence-electron chi connectivity index (χ0n) is 21.1. The minimum Gasteiger partial charge on any atom is -0.497 e. The van der Waals surface area contributed by atoms with Gasteiger partial charge in [0.1, 0.15) is 34.6 Å². The van der Waals surface area contributed by atoms with E-state index in [9.17, 15) is 15.4 Å². The van der Waals surface area contributed by atoms with Crippen LogP contribution in [0.2, 0.25) is 0 Å². The molecule has 10 nitrogen and oxygen atoms in total. The number of nitriles is 1. The molecular weight excluding hydrogens is 490 g/mol. The van der Waals surface area contributed by atoms with Crippen LogP contribution < -0.4 is 18.9 Å². The Morgan fingerprint density at radius 1 is 0.868 bits per heavy atom. The first-order valence-electron chi connectivity index (χ1n) is 11.2. The van der Waals surface area contributed by atoms with E-state index in [1.54, 1.807) is 38.5 Å². The van der Waals surface area contributed by atoms with Crippen molar-refractivity contribution in [1.82, 2.24) is 0 Å². The summed E-state index contributed by atoms with van der Waals surface area (Å²) in [6.07, 6.45) is 1.35. The van der Waals surface area contributed by atoms with Crippen LogP contribution in [0, 0.1) is 21.4 Å². The second-order valence-electron chi connectivity index (χ2n) is 7.84. The van der Waals surface area contributed by atoms with E-state index in [-0.39, 0.29) is 22.9 Å². The minimum atomic E-state index is -0.563. The Labute approximate surface area is 218 Å². The van der Waals surface area contributed by atoms with Gasteiger partial charge in [-0.05, 0) is 42.0 Å². The Bertz CT molecular complexity index is 1530. The number of hydrogen-bond donors (Lipinski definition) is 0. The molecule has 38 heavy (non-hydrogen) atoms. The van der Waals surface area contributed by atoms with Gasteiger partial charge in [0, 0.05) is 35.0 Å². The van der Waals surface area contributed by atoms with Crippen molar-refractivity contribution in [2.24, 2.45) is 4.99 Å². The molecule has 0 saturated heterocycles. The van der Waals surface area contributed by atoms with Gasteiger partial charge in [-0.1, -0.05) is 12.1 Å². The molecule has 4 aromatic rings. The molecule has 0 aliphatic heterocycles. The first-order valence-corrected chi connectivity index (χ1v) is 11.2. The van der Waals surface area contributed by atoms with Gasteiger partial charge < -0.3 is 23.4 Å². The lowest BCUT2D eigenvalue weighted by Crippen LogP contribution is -1.98. The van der Waals surface area contributed by atoms with Crippen LogP contribution in [0.3, 0.4) is 0 Å². The topological polar surface area (TPSA) is 129 Å². The van der Waals surface area contributed by atoms with Crippen molar-refractivity contribution >= 4 is 17.8 Å². The molecule has 0 amide bonds. The minimum absolute atomic E-state index is 0.0321. The molecule has 0 fully saturated rings. The molecule has 0 aliphatic carbocycles. The van der Waals surface area contributed by atoms with E-state index >= 15 is 0 Å².